The molecule has 0 N–H and O–H groups in total. The van der Waals surface area contributed by atoms with Gasteiger partial charge in [0, 0.05) is 38.4 Å². The van der Waals surface area contributed by atoms with Gasteiger partial charge in [-0.15, -0.1) is 0 Å². The smallest absolute Gasteiger partial charge is 0.117 e. The van der Waals surface area contributed by atoms with Gasteiger partial charge in [0.25, 0.3) is 0 Å². The van der Waals surface area contributed by atoms with Crippen LogP contribution in [0.25, 0.3) is 11.0 Å². The minimum absolute atomic E-state index is 0. The standard InChI is InChI=1S/C8H4ClN2.C3H7.Y/c9-7-4-3-6-2-1-5-10-8(6)11-7;1-3-2;/h1-4H;3H,1-2H3;/q2*-1;. The number of pyridine rings is 2. The molecule has 0 fully saturated rings. The average Bonchev–Trinajstić information content (AvgIpc) is 2.19. The fourth-order valence-electron chi connectivity index (χ4n) is 0.881. The molecule has 0 aliphatic carbocycles. The first-order valence-corrected chi connectivity index (χ1v) is 4.69. The van der Waals surface area contributed by atoms with Crippen molar-refractivity contribution in [3.8, 4) is 0 Å². The van der Waals surface area contributed by atoms with Gasteiger partial charge in [0.15, 0.2) is 0 Å². The number of hydrogen-bond donors (Lipinski definition) is 0. The Morgan fingerprint density at radius 2 is 1.93 bits per heavy atom. The summed E-state index contributed by atoms with van der Waals surface area (Å²) < 4.78 is 0. The molecule has 0 spiro atoms. The van der Waals surface area contributed by atoms with Gasteiger partial charge in [-0.1, -0.05) is 29.3 Å². The first-order chi connectivity index (χ1) is 6.77. The molecule has 1 radical (unpaired) electrons. The summed E-state index contributed by atoms with van der Waals surface area (Å²) in [6.07, 6.45) is 4.69. The molecule has 4 heteroatoms. The van der Waals surface area contributed by atoms with E-state index in [2.05, 4.69) is 16.2 Å². The summed E-state index contributed by atoms with van der Waals surface area (Å²) in [6, 6.07) is 7.26. The van der Waals surface area contributed by atoms with Gasteiger partial charge in [-0.2, -0.15) is 26.0 Å². The van der Waals surface area contributed by atoms with E-state index in [-0.39, 0.29) is 32.7 Å². The van der Waals surface area contributed by atoms with Crippen molar-refractivity contribution in [3.05, 3.63) is 42.0 Å². The van der Waals surface area contributed by atoms with Gasteiger partial charge in [-0.25, -0.2) is 0 Å². The third-order valence-corrected chi connectivity index (χ3v) is 1.59. The summed E-state index contributed by atoms with van der Waals surface area (Å²) >= 11 is 5.65. The van der Waals surface area contributed by atoms with Crippen LogP contribution in [0.5, 0.6) is 0 Å². The molecule has 15 heavy (non-hydrogen) atoms. The van der Waals surface area contributed by atoms with Crippen LogP contribution in [0.2, 0.25) is 5.15 Å². The number of aromatic nitrogens is 2. The van der Waals surface area contributed by atoms with E-state index < -0.39 is 0 Å². The van der Waals surface area contributed by atoms with Crippen molar-refractivity contribution < 1.29 is 32.7 Å². The molecule has 2 aromatic rings. The van der Waals surface area contributed by atoms with Gasteiger partial charge in [-0.3, -0.25) is 4.98 Å². The number of hydrogen-bond acceptors (Lipinski definition) is 2. The Bertz CT molecular complexity index is 406. The molecular weight excluding hydrogens is 284 g/mol. The monoisotopic (exact) mass is 295 g/mol. The maximum absolute atomic E-state index is 5.65. The molecule has 0 amide bonds. The van der Waals surface area contributed by atoms with E-state index in [1.165, 1.54) is 0 Å². The molecule has 0 aromatic carbocycles. The summed E-state index contributed by atoms with van der Waals surface area (Å²) in [4.78, 5) is 7.92. The molecule has 0 atom stereocenters. The molecule has 2 nitrogen and oxygen atoms in total. The predicted molar refractivity (Wildman–Crippen MR) is 59.0 cm³/mol. The topological polar surface area (TPSA) is 25.8 Å². The Morgan fingerprint density at radius 1 is 1.27 bits per heavy atom. The van der Waals surface area contributed by atoms with E-state index in [0.29, 0.717) is 10.8 Å². The van der Waals surface area contributed by atoms with Crippen LogP contribution in [0.3, 0.4) is 0 Å². The van der Waals surface area contributed by atoms with Crippen LogP contribution in [0.1, 0.15) is 13.8 Å². The van der Waals surface area contributed by atoms with Crippen molar-refractivity contribution >= 4 is 22.6 Å². The van der Waals surface area contributed by atoms with Crippen LogP contribution in [0, 0.1) is 12.6 Å². The van der Waals surface area contributed by atoms with Crippen molar-refractivity contribution in [2.45, 2.75) is 13.8 Å². The van der Waals surface area contributed by atoms with Crippen molar-refractivity contribution in [1.82, 2.24) is 9.97 Å². The first-order valence-electron chi connectivity index (χ1n) is 4.31. The van der Waals surface area contributed by atoms with E-state index in [4.69, 9.17) is 11.6 Å². The number of halogens is 1. The van der Waals surface area contributed by atoms with Crippen LogP contribution in [-0.2, 0) is 32.7 Å². The second-order valence-corrected chi connectivity index (χ2v) is 3.09. The third kappa shape index (κ3) is 5.01. The predicted octanol–water partition coefficient (Wildman–Crippen LogP) is 3.31. The van der Waals surface area contributed by atoms with Crippen LogP contribution in [-0.4, -0.2) is 9.97 Å². The molecule has 2 heterocycles. The molecule has 2 aromatic heterocycles. The van der Waals surface area contributed by atoms with E-state index in [1.807, 2.05) is 32.4 Å². The van der Waals surface area contributed by atoms with E-state index in [9.17, 15) is 0 Å². The molecule has 0 saturated heterocycles. The normalized spacial score (nSPS) is 8.73. The SMILES string of the molecule is C[CH-]C.Clc1ccc2cc[c-]nc2n1.[Y]. The second kappa shape index (κ2) is 8.15. The number of fused-ring (bicyclic) bond motifs is 1. The van der Waals surface area contributed by atoms with Crippen LogP contribution in [0.4, 0.5) is 0 Å². The minimum atomic E-state index is 0. The minimum Gasteiger partial charge on any atom is -0.369 e. The Kier molecular flexibility index (Phi) is 8.12. The van der Waals surface area contributed by atoms with E-state index in [1.54, 1.807) is 12.1 Å². The largest absolute Gasteiger partial charge is 0.369 e. The van der Waals surface area contributed by atoms with Crippen molar-refractivity contribution in [2.75, 3.05) is 0 Å². The number of rotatable bonds is 0. The van der Waals surface area contributed by atoms with Crippen molar-refractivity contribution in [1.29, 1.82) is 0 Å². The average molecular weight is 296 g/mol. The summed E-state index contributed by atoms with van der Waals surface area (Å²) in [7, 11) is 0. The van der Waals surface area contributed by atoms with Gasteiger partial charge >= 0.3 is 0 Å². The Morgan fingerprint density at radius 3 is 2.60 bits per heavy atom. The maximum atomic E-state index is 5.65. The molecule has 0 bridgehead atoms. The fraction of sp³-hybridized carbons (Fsp3) is 0.182. The summed E-state index contributed by atoms with van der Waals surface area (Å²) in [5.74, 6) is 0. The van der Waals surface area contributed by atoms with Gasteiger partial charge < -0.3 is 11.4 Å². The Hall–Kier alpha value is -0.0461. The molecule has 0 unspecified atom stereocenters. The second-order valence-electron chi connectivity index (χ2n) is 2.70. The van der Waals surface area contributed by atoms with Crippen LogP contribution >= 0.6 is 11.6 Å². The van der Waals surface area contributed by atoms with E-state index >= 15 is 0 Å². The van der Waals surface area contributed by atoms with E-state index in [0.717, 1.165) is 5.39 Å². The van der Waals surface area contributed by atoms with Crippen molar-refractivity contribution in [3.63, 3.8) is 0 Å². The zero-order chi connectivity index (χ0) is 10.4. The summed E-state index contributed by atoms with van der Waals surface area (Å²) in [5, 5.41) is 1.44. The van der Waals surface area contributed by atoms with Gasteiger partial charge in [0.1, 0.15) is 5.15 Å². The molecule has 0 aliphatic heterocycles. The number of nitrogens with zero attached hydrogens (tertiary/aromatic N) is 2. The van der Waals surface area contributed by atoms with Gasteiger partial charge in [0.2, 0.25) is 0 Å². The molecule has 0 saturated carbocycles. The zero-order valence-electron chi connectivity index (χ0n) is 8.74. The fourth-order valence-corrected chi connectivity index (χ4v) is 1.02. The molecular formula is C11H11ClN2Y-2. The third-order valence-electron chi connectivity index (χ3n) is 1.38. The molecule has 2 rings (SSSR count). The first kappa shape index (κ1) is 15.0. The van der Waals surface area contributed by atoms with Crippen molar-refractivity contribution in [2.24, 2.45) is 0 Å². The maximum Gasteiger partial charge on any atom is 0.117 e. The Labute approximate surface area is 120 Å². The molecule has 0 aliphatic rings. The Balaban J connectivity index is 0.000000443. The van der Waals surface area contributed by atoms with Crippen LogP contribution < -0.4 is 0 Å². The summed E-state index contributed by atoms with van der Waals surface area (Å²) in [5.41, 5.74) is 0.639. The summed E-state index contributed by atoms with van der Waals surface area (Å²) in [6.45, 7) is 4.00. The molecule has 77 valence electrons. The van der Waals surface area contributed by atoms with Gasteiger partial charge in [-0.05, 0) is 6.07 Å². The zero-order valence-corrected chi connectivity index (χ0v) is 12.3. The van der Waals surface area contributed by atoms with Crippen LogP contribution in [0.15, 0.2) is 24.3 Å². The quantitative estimate of drug-likeness (QED) is 0.550. The van der Waals surface area contributed by atoms with Gasteiger partial charge in [0.05, 0.1) is 0 Å².